The number of benzene rings is 2. The number of hydrogen-bond donors (Lipinski definition) is 1. The maximum Gasteiger partial charge on any atom is 0.124 e. The van der Waals surface area contributed by atoms with Gasteiger partial charge in [-0.05, 0) is 42.7 Å². The Hall–Kier alpha value is -2.67. The summed E-state index contributed by atoms with van der Waals surface area (Å²) < 4.78 is 10.8. The number of aryl methyl sites for hydroxylation is 1. The number of hydrogen-bond acceptors (Lipinski definition) is 4. The quantitative estimate of drug-likeness (QED) is 0.652. The summed E-state index contributed by atoms with van der Waals surface area (Å²) in [5, 5.41) is 8.96. The first kappa shape index (κ1) is 14.7. The van der Waals surface area contributed by atoms with Crippen LogP contribution in [0.1, 0.15) is 17.5 Å². The van der Waals surface area contributed by atoms with Crippen LogP contribution >= 0.6 is 0 Å². The van der Waals surface area contributed by atoms with Crippen LogP contribution in [0.5, 0.6) is 11.5 Å². The number of nitrogens with two attached hydrogens (primary N) is 1. The molecule has 0 aliphatic carbocycles. The molecule has 0 saturated carbocycles. The van der Waals surface area contributed by atoms with E-state index in [1.54, 1.807) is 25.3 Å². The molecule has 2 aromatic rings. The number of rotatable bonds is 6. The Balaban J connectivity index is 1.87. The van der Waals surface area contributed by atoms with Crippen LogP contribution in [0.15, 0.2) is 42.5 Å². The number of nitrogen functional groups attached to an aromatic ring is 1. The minimum Gasteiger partial charge on any atom is -0.497 e. The first-order chi connectivity index (χ1) is 10.2. The molecule has 108 valence electrons. The first-order valence-electron chi connectivity index (χ1n) is 6.77. The van der Waals surface area contributed by atoms with Gasteiger partial charge in [0.05, 0.1) is 25.3 Å². The Morgan fingerprint density at radius 3 is 2.67 bits per heavy atom. The van der Waals surface area contributed by atoms with Crippen molar-refractivity contribution >= 4 is 5.69 Å². The highest BCUT2D eigenvalue weighted by atomic mass is 16.5. The van der Waals surface area contributed by atoms with E-state index in [0.717, 1.165) is 18.5 Å². The molecule has 2 N–H and O–H groups in total. The number of methoxy groups -OCH3 is 1. The van der Waals surface area contributed by atoms with E-state index in [2.05, 4.69) is 12.1 Å². The molecule has 0 heterocycles. The summed E-state index contributed by atoms with van der Waals surface area (Å²) in [5.41, 5.74) is 8.24. The Morgan fingerprint density at radius 2 is 1.95 bits per heavy atom. The van der Waals surface area contributed by atoms with Gasteiger partial charge in [0.1, 0.15) is 11.5 Å². The van der Waals surface area contributed by atoms with Crippen molar-refractivity contribution in [1.82, 2.24) is 0 Å². The Labute approximate surface area is 124 Å². The van der Waals surface area contributed by atoms with E-state index in [-0.39, 0.29) is 0 Å². The molecule has 2 rings (SSSR count). The highest BCUT2D eigenvalue weighted by Crippen LogP contribution is 2.22. The summed E-state index contributed by atoms with van der Waals surface area (Å²) in [6.45, 7) is 0.576. The van der Waals surface area contributed by atoms with Gasteiger partial charge in [-0.3, -0.25) is 0 Å². The van der Waals surface area contributed by atoms with Crippen molar-refractivity contribution < 1.29 is 9.47 Å². The van der Waals surface area contributed by atoms with Crippen molar-refractivity contribution in [1.29, 1.82) is 5.26 Å². The number of anilines is 1. The van der Waals surface area contributed by atoms with Crippen LogP contribution < -0.4 is 15.2 Å². The maximum atomic E-state index is 8.96. The van der Waals surface area contributed by atoms with Crippen molar-refractivity contribution in [2.45, 2.75) is 12.8 Å². The van der Waals surface area contributed by atoms with Crippen LogP contribution in [0.4, 0.5) is 5.69 Å². The largest absolute Gasteiger partial charge is 0.497 e. The maximum absolute atomic E-state index is 8.96. The second kappa shape index (κ2) is 7.20. The summed E-state index contributed by atoms with van der Waals surface area (Å²) in [5.74, 6) is 1.28. The van der Waals surface area contributed by atoms with E-state index >= 15 is 0 Å². The van der Waals surface area contributed by atoms with Gasteiger partial charge in [0.15, 0.2) is 0 Å². The second-order valence-corrected chi connectivity index (χ2v) is 4.71. The van der Waals surface area contributed by atoms with Crippen molar-refractivity contribution in [2.75, 3.05) is 19.5 Å². The molecular formula is C17H18N2O2. The van der Waals surface area contributed by atoms with Crippen LogP contribution in [0.2, 0.25) is 0 Å². The molecule has 0 bridgehead atoms. The van der Waals surface area contributed by atoms with Crippen LogP contribution in [-0.2, 0) is 6.42 Å². The van der Waals surface area contributed by atoms with Gasteiger partial charge in [0, 0.05) is 11.8 Å². The van der Waals surface area contributed by atoms with Gasteiger partial charge in [0.2, 0.25) is 0 Å². The molecule has 21 heavy (non-hydrogen) atoms. The fourth-order valence-corrected chi connectivity index (χ4v) is 2.05. The third-order valence-corrected chi connectivity index (χ3v) is 3.07. The molecule has 0 aliphatic heterocycles. The first-order valence-corrected chi connectivity index (χ1v) is 6.77. The SMILES string of the molecule is COc1cc(C#N)cc(OCCCc2cccc(N)c2)c1. The van der Waals surface area contributed by atoms with Gasteiger partial charge < -0.3 is 15.2 Å². The summed E-state index contributed by atoms with van der Waals surface area (Å²) in [6, 6.07) is 15.1. The molecule has 4 heteroatoms. The summed E-state index contributed by atoms with van der Waals surface area (Å²) in [4.78, 5) is 0. The average Bonchev–Trinajstić information content (AvgIpc) is 2.51. The van der Waals surface area contributed by atoms with Gasteiger partial charge in [-0.25, -0.2) is 0 Å². The minimum atomic E-state index is 0.528. The smallest absolute Gasteiger partial charge is 0.124 e. The van der Waals surface area contributed by atoms with E-state index in [1.807, 2.05) is 18.2 Å². The molecule has 0 atom stereocenters. The van der Waals surface area contributed by atoms with E-state index in [0.29, 0.717) is 23.7 Å². The lowest BCUT2D eigenvalue weighted by Crippen LogP contribution is -2.00. The van der Waals surface area contributed by atoms with Crippen LogP contribution in [-0.4, -0.2) is 13.7 Å². The van der Waals surface area contributed by atoms with Gasteiger partial charge in [-0.1, -0.05) is 12.1 Å². The van der Waals surface area contributed by atoms with E-state index in [4.69, 9.17) is 20.5 Å². The van der Waals surface area contributed by atoms with Crippen LogP contribution in [0, 0.1) is 11.3 Å². The molecule has 0 aromatic heterocycles. The fourth-order valence-electron chi connectivity index (χ4n) is 2.05. The molecule has 0 unspecified atom stereocenters. The number of ether oxygens (including phenoxy) is 2. The molecule has 0 fully saturated rings. The molecular weight excluding hydrogens is 264 g/mol. The van der Waals surface area contributed by atoms with E-state index < -0.39 is 0 Å². The van der Waals surface area contributed by atoms with Crippen molar-refractivity contribution in [2.24, 2.45) is 0 Å². The molecule has 0 spiro atoms. The van der Waals surface area contributed by atoms with Crippen molar-refractivity contribution in [3.8, 4) is 17.6 Å². The number of nitriles is 1. The minimum absolute atomic E-state index is 0.528. The lowest BCUT2D eigenvalue weighted by atomic mass is 10.1. The number of nitrogens with zero attached hydrogens (tertiary/aromatic N) is 1. The summed E-state index contributed by atoms with van der Waals surface area (Å²) >= 11 is 0. The van der Waals surface area contributed by atoms with Crippen LogP contribution in [0.25, 0.3) is 0 Å². The molecule has 4 nitrogen and oxygen atoms in total. The highest BCUT2D eigenvalue weighted by molar-refractivity contribution is 5.44. The summed E-state index contributed by atoms with van der Waals surface area (Å²) in [7, 11) is 1.57. The summed E-state index contributed by atoms with van der Waals surface area (Å²) in [6.07, 6.45) is 1.78. The van der Waals surface area contributed by atoms with Crippen LogP contribution in [0.3, 0.4) is 0 Å². The standard InChI is InChI=1S/C17H18N2O2/c1-20-16-9-14(12-18)10-17(11-16)21-7-3-5-13-4-2-6-15(19)8-13/h2,4,6,8-11H,3,5,7,19H2,1H3. The lowest BCUT2D eigenvalue weighted by Gasteiger charge is -2.09. The molecule has 0 radical (unpaired) electrons. The third-order valence-electron chi connectivity index (χ3n) is 3.07. The predicted molar refractivity (Wildman–Crippen MR) is 82.4 cm³/mol. The van der Waals surface area contributed by atoms with Gasteiger partial charge in [0.25, 0.3) is 0 Å². The van der Waals surface area contributed by atoms with E-state index in [1.165, 1.54) is 5.56 Å². The van der Waals surface area contributed by atoms with Gasteiger partial charge in [-0.15, -0.1) is 0 Å². The Kier molecular flexibility index (Phi) is 5.05. The van der Waals surface area contributed by atoms with E-state index in [9.17, 15) is 0 Å². The molecule has 2 aromatic carbocycles. The molecule has 0 aliphatic rings. The van der Waals surface area contributed by atoms with Gasteiger partial charge >= 0.3 is 0 Å². The van der Waals surface area contributed by atoms with Crippen molar-refractivity contribution in [3.05, 3.63) is 53.6 Å². The third kappa shape index (κ3) is 4.43. The zero-order valence-corrected chi connectivity index (χ0v) is 12.0. The average molecular weight is 282 g/mol. The molecule has 0 saturated heterocycles. The second-order valence-electron chi connectivity index (χ2n) is 4.71. The normalized spacial score (nSPS) is 9.90. The predicted octanol–water partition coefficient (Wildman–Crippen LogP) is 3.16. The Morgan fingerprint density at radius 1 is 1.14 bits per heavy atom. The zero-order valence-electron chi connectivity index (χ0n) is 12.0. The molecule has 0 amide bonds. The van der Waals surface area contributed by atoms with Crippen molar-refractivity contribution in [3.63, 3.8) is 0 Å². The monoisotopic (exact) mass is 282 g/mol. The Bertz CT molecular complexity index is 647. The zero-order chi connectivity index (χ0) is 15.1. The topological polar surface area (TPSA) is 68.3 Å². The lowest BCUT2D eigenvalue weighted by molar-refractivity contribution is 0.308. The fraction of sp³-hybridized carbons (Fsp3) is 0.235. The highest BCUT2D eigenvalue weighted by Gasteiger charge is 2.02. The van der Waals surface area contributed by atoms with Gasteiger partial charge in [-0.2, -0.15) is 5.26 Å².